The summed E-state index contributed by atoms with van der Waals surface area (Å²) in [5.74, 6) is -0.767. The minimum atomic E-state index is -3.60. The van der Waals surface area contributed by atoms with Crippen LogP contribution in [0, 0.1) is 5.92 Å². The summed E-state index contributed by atoms with van der Waals surface area (Å²) in [5, 5.41) is 8.57. The van der Waals surface area contributed by atoms with Crippen LogP contribution in [0.25, 0.3) is 0 Å². The van der Waals surface area contributed by atoms with Crippen LogP contribution in [0.4, 0.5) is 0 Å². The van der Waals surface area contributed by atoms with Crippen molar-refractivity contribution < 1.29 is 18.3 Å². The van der Waals surface area contributed by atoms with Gasteiger partial charge in [-0.25, -0.2) is 0 Å². The topological polar surface area (TPSA) is 90.0 Å². The van der Waals surface area contributed by atoms with E-state index in [1.54, 1.807) is 0 Å². The molecule has 0 aromatic rings. The van der Waals surface area contributed by atoms with E-state index in [2.05, 4.69) is 9.62 Å². The van der Waals surface area contributed by atoms with Crippen molar-refractivity contribution in [3.05, 3.63) is 0 Å². The normalized spacial score (nSPS) is 25.7. The zero-order valence-electron chi connectivity index (χ0n) is 11.7. The molecule has 0 aromatic heterocycles. The summed E-state index contributed by atoms with van der Waals surface area (Å²) in [7, 11) is -0.197. The molecule has 1 fully saturated rings. The van der Waals surface area contributed by atoms with E-state index < -0.39 is 16.2 Å². The van der Waals surface area contributed by atoms with E-state index >= 15 is 0 Å². The van der Waals surface area contributed by atoms with E-state index in [9.17, 15) is 13.2 Å². The Bertz CT molecular complexity index is 412. The number of likely N-dealkylation sites (tertiary alicyclic amines) is 1. The molecule has 1 rings (SSSR count). The van der Waals surface area contributed by atoms with E-state index in [1.165, 1.54) is 7.05 Å². The molecule has 0 amide bonds. The van der Waals surface area contributed by atoms with E-state index in [0.29, 0.717) is 0 Å². The monoisotopic (exact) mass is 293 g/mol. The van der Waals surface area contributed by atoms with Crippen molar-refractivity contribution in [3.8, 4) is 0 Å². The maximum atomic E-state index is 12.0. The fraction of sp³-hybridized carbons (Fsp3) is 0.909. The van der Waals surface area contributed by atoms with Crippen molar-refractivity contribution in [1.82, 2.24) is 13.9 Å². The van der Waals surface area contributed by atoms with Crippen LogP contribution in [-0.4, -0.2) is 68.5 Å². The second-order valence-electron chi connectivity index (χ2n) is 5.22. The van der Waals surface area contributed by atoms with Crippen LogP contribution in [0.3, 0.4) is 0 Å². The summed E-state index contributed by atoms with van der Waals surface area (Å²) < 4.78 is 27.8. The number of nitrogens with one attached hydrogen (secondary N) is 1. The van der Waals surface area contributed by atoms with E-state index in [0.717, 1.165) is 23.8 Å². The first kappa shape index (κ1) is 16.4. The molecule has 1 heterocycles. The molecule has 8 heteroatoms. The second kappa shape index (κ2) is 6.65. The van der Waals surface area contributed by atoms with Crippen LogP contribution in [0.5, 0.6) is 0 Å². The fourth-order valence-electron chi connectivity index (χ4n) is 2.18. The number of carboxylic acids is 1. The van der Waals surface area contributed by atoms with Gasteiger partial charge in [0.2, 0.25) is 0 Å². The predicted octanol–water partition coefficient (Wildman–Crippen LogP) is -0.432. The van der Waals surface area contributed by atoms with E-state index in [1.807, 2.05) is 14.0 Å². The minimum absolute atomic E-state index is 0.0222. The van der Waals surface area contributed by atoms with Crippen molar-refractivity contribution >= 4 is 16.2 Å². The number of piperidine rings is 1. The Balaban J connectivity index is 2.56. The van der Waals surface area contributed by atoms with Crippen LogP contribution < -0.4 is 4.72 Å². The van der Waals surface area contributed by atoms with Crippen LogP contribution in [0.2, 0.25) is 0 Å². The van der Waals surface area contributed by atoms with Crippen molar-refractivity contribution in [1.29, 1.82) is 0 Å². The first-order valence-electron chi connectivity index (χ1n) is 6.36. The molecule has 19 heavy (non-hydrogen) atoms. The third kappa shape index (κ3) is 5.06. The average Bonchev–Trinajstić information content (AvgIpc) is 2.29. The lowest BCUT2D eigenvalue weighted by atomic mass is 9.95. The first-order chi connectivity index (χ1) is 8.72. The van der Waals surface area contributed by atoms with Crippen LogP contribution in [-0.2, 0) is 15.0 Å². The lowest BCUT2D eigenvalue weighted by Crippen LogP contribution is -2.52. The molecule has 112 valence electrons. The maximum absolute atomic E-state index is 12.0. The van der Waals surface area contributed by atoms with Crippen molar-refractivity contribution in [3.63, 3.8) is 0 Å². The molecule has 1 aliphatic rings. The van der Waals surface area contributed by atoms with Gasteiger partial charge in [0.15, 0.2) is 0 Å². The summed E-state index contributed by atoms with van der Waals surface area (Å²) in [6.45, 7) is 3.70. The highest BCUT2D eigenvalue weighted by Crippen LogP contribution is 2.16. The molecule has 0 bridgehead atoms. The molecular weight excluding hydrogens is 270 g/mol. The number of aliphatic carboxylic acids is 1. The third-order valence-electron chi connectivity index (χ3n) is 3.46. The number of hydrogen-bond donors (Lipinski definition) is 2. The molecule has 2 N–H and O–H groups in total. The quantitative estimate of drug-likeness (QED) is 0.693. The Morgan fingerprint density at radius 1 is 1.53 bits per heavy atom. The van der Waals surface area contributed by atoms with Gasteiger partial charge in [-0.3, -0.25) is 4.79 Å². The SMILES string of the molecule is CC1CN(C)CCC1NS(=O)(=O)N(C)CCC(=O)O. The molecule has 2 atom stereocenters. The highest BCUT2D eigenvalue weighted by Gasteiger charge is 2.29. The Labute approximate surface area is 114 Å². The second-order valence-corrected chi connectivity index (χ2v) is 7.03. The lowest BCUT2D eigenvalue weighted by Gasteiger charge is -2.35. The van der Waals surface area contributed by atoms with Crippen molar-refractivity contribution in [2.75, 3.05) is 33.7 Å². The summed E-state index contributed by atoms with van der Waals surface area (Å²) in [6.07, 6.45) is 0.573. The number of carboxylic acid groups (broad SMARTS) is 1. The molecular formula is C11H23N3O4S. The number of hydrogen-bond acceptors (Lipinski definition) is 4. The molecule has 0 spiro atoms. The Morgan fingerprint density at radius 3 is 2.68 bits per heavy atom. The minimum Gasteiger partial charge on any atom is -0.481 e. The summed E-state index contributed by atoms with van der Waals surface area (Å²) >= 11 is 0. The van der Waals surface area contributed by atoms with Crippen LogP contribution >= 0.6 is 0 Å². The first-order valence-corrected chi connectivity index (χ1v) is 7.80. The molecule has 2 unspecified atom stereocenters. The molecule has 7 nitrogen and oxygen atoms in total. The van der Waals surface area contributed by atoms with Gasteiger partial charge in [0.1, 0.15) is 0 Å². The fourth-order valence-corrected chi connectivity index (χ4v) is 3.43. The van der Waals surface area contributed by atoms with Gasteiger partial charge in [-0.1, -0.05) is 6.92 Å². The molecule has 0 saturated carbocycles. The van der Waals surface area contributed by atoms with Crippen LogP contribution in [0.1, 0.15) is 19.8 Å². The smallest absolute Gasteiger partial charge is 0.304 e. The largest absolute Gasteiger partial charge is 0.481 e. The molecule has 1 saturated heterocycles. The Hall–Kier alpha value is -0.700. The van der Waals surface area contributed by atoms with Gasteiger partial charge >= 0.3 is 5.97 Å². The zero-order valence-corrected chi connectivity index (χ0v) is 12.5. The lowest BCUT2D eigenvalue weighted by molar-refractivity contribution is -0.137. The summed E-state index contributed by atoms with van der Waals surface area (Å²) in [6, 6.07) is -0.0894. The third-order valence-corrected chi connectivity index (χ3v) is 5.06. The van der Waals surface area contributed by atoms with Gasteiger partial charge in [-0.05, 0) is 25.9 Å². The standard InChI is InChI=1S/C11H23N3O4S/c1-9-8-13(2)6-4-10(9)12-19(17,18)14(3)7-5-11(15)16/h9-10,12H,4-8H2,1-3H3,(H,15,16). The number of rotatable bonds is 6. The van der Waals surface area contributed by atoms with Crippen molar-refractivity contribution in [2.24, 2.45) is 5.92 Å². The van der Waals surface area contributed by atoms with Gasteiger partial charge < -0.3 is 10.0 Å². The Morgan fingerprint density at radius 2 is 2.16 bits per heavy atom. The molecule has 0 aromatic carbocycles. The highest BCUT2D eigenvalue weighted by molar-refractivity contribution is 7.87. The zero-order chi connectivity index (χ0) is 14.6. The molecule has 1 aliphatic heterocycles. The van der Waals surface area contributed by atoms with Gasteiger partial charge in [-0.15, -0.1) is 0 Å². The maximum Gasteiger partial charge on any atom is 0.304 e. The van der Waals surface area contributed by atoms with E-state index in [4.69, 9.17) is 5.11 Å². The molecule has 0 radical (unpaired) electrons. The Kier molecular flexibility index (Phi) is 5.72. The molecule has 0 aliphatic carbocycles. The van der Waals surface area contributed by atoms with Crippen molar-refractivity contribution in [2.45, 2.75) is 25.8 Å². The predicted molar refractivity (Wildman–Crippen MR) is 72.0 cm³/mol. The highest BCUT2D eigenvalue weighted by atomic mass is 32.2. The number of nitrogens with zero attached hydrogens (tertiary/aromatic N) is 2. The van der Waals surface area contributed by atoms with Gasteiger partial charge in [0.05, 0.1) is 6.42 Å². The van der Waals surface area contributed by atoms with E-state index in [-0.39, 0.29) is 24.9 Å². The van der Waals surface area contributed by atoms with Gasteiger partial charge in [-0.2, -0.15) is 17.4 Å². The summed E-state index contributed by atoms with van der Waals surface area (Å²) in [5.41, 5.74) is 0. The average molecular weight is 293 g/mol. The van der Waals surface area contributed by atoms with Crippen LogP contribution in [0.15, 0.2) is 0 Å². The number of carbonyl (C=O) groups is 1. The van der Waals surface area contributed by atoms with Gasteiger partial charge in [0.25, 0.3) is 10.2 Å². The van der Waals surface area contributed by atoms with Gasteiger partial charge in [0, 0.05) is 26.2 Å². The summed E-state index contributed by atoms with van der Waals surface area (Å²) in [4.78, 5) is 12.6.